The molecule has 94 valence electrons. The monoisotopic (exact) mass is 244 g/mol. The van der Waals surface area contributed by atoms with Gasteiger partial charge in [-0.3, -0.25) is 0 Å². The fourth-order valence-electron chi connectivity index (χ4n) is 1.85. The Hall–Kier alpha value is -2.30. The zero-order valence-corrected chi connectivity index (χ0v) is 10.5. The maximum Gasteiger partial charge on any atom is 0.106 e. The Balaban J connectivity index is 2.54. The van der Waals surface area contributed by atoms with Gasteiger partial charge in [0.05, 0.1) is 17.1 Å². The van der Waals surface area contributed by atoms with Gasteiger partial charge in [-0.2, -0.15) is 5.10 Å². The summed E-state index contributed by atoms with van der Waals surface area (Å²) in [6, 6.07) is 9.28. The van der Waals surface area contributed by atoms with Crippen LogP contribution in [0.5, 0.6) is 5.88 Å². The van der Waals surface area contributed by atoms with E-state index in [-0.39, 0.29) is 5.88 Å². The van der Waals surface area contributed by atoms with Gasteiger partial charge in [-0.15, -0.1) is 0 Å². The highest BCUT2D eigenvalue weighted by atomic mass is 16.6. The minimum atomic E-state index is -0.183. The van der Waals surface area contributed by atoms with Gasteiger partial charge in [0.15, 0.2) is 0 Å². The van der Waals surface area contributed by atoms with Crippen LogP contribution in [0.3, 0.4) is 0 Å². The number of rotatable bonds is 3. The topological polar surface area (TPSA) is 62.5 Å². The predicted molar refractivity (Wildman–Crippen MR) is 67.0 cm³/mol. The average Bonchev–Trinajstić information content (AvgIpc) is 2.66. The minimum Gasteiger partial charge on any atom is -0.858 e. The van der Waals surface area contributed by atoms with Crippen molar-refractivity contribution in [2.75, 3.05) is 7.11 Å². The molecule has 0 aliphatic rings. The molecule has 0 saturated heterocycles. The molecule has 18 heavy (non-hydrogen) atoms. The standard InChI is InChI=1S/C13H15N3O2/c1-9-12(10(2)15-18-3)13(17)16(14-9)11-7-5-4-6-8-11/h4-8,17H,1-3H3/p-1/b15-10+. The molecule has 5 heteroatoms. The van der Waals surface area contributed by atoms with E-state index in [4.69, 9.17) is 4.84 Å². The lowest BCUT2D eigenvalue weighted by atomic mass is 10.2. The summed E-state index contributed by atoms with van der Waals surface area (Å²) in [7, 11) is 1.45. The summed E-state index contributed by atoms with van der Waals surface area (Å²) in [6.07, 6.45) is 0. The zero-order valence-electron chi connectivity index (χ0n) is 10.5. The number of hydrogen-bond acceptors (Lipinski definition) is 4. The van der Waals surface area contributed by atoms with Gasteiger partial charge in [-0.1, -0.05) is 23.4 Å². The van der Waals surface area contributed by atoms with E-state index in [0.29, 0.717) is 17.0 Å². The fourth-order valence-corrected chi connectivity index (χ4v) is 1.85. The lowest BCUT2D eigenvalue weighted by Crippen LogP contribution is -2.07. The second kappa shape index (κ2) is 4.91. The van der Waals surface area contributed by atoms with Crippen molar-refractivity contribution in [1.29, 1.82) is 0 Å². The summed E-state index contributed by atoms with van der Waals surface area (Å²) in [4.78, 5) is 4.70. The van der Waals surface area contributed by atoms with Crippen LogP contribution in [-0.2, 0) is 4.84 Å². The van der Waals surface area contributed by atoms with Crippen molar-refractivity contribution in [3.8, 4) is 11.6 Å². The highest BCUT2D eigenvalue weighted by Crippen LogP contribution is 2.22. The highest BCUT2D eigenvalue weighted by Gasteiger charge is 2.12. The van der Waals surface area contributed by atoms with Crippen molar-refractivity contribution >= 4 is 5.71 Å². The molecule has 5 nitrogen and oxygen atoms in total. The van der Waals surface area contributed by atoms with Crippen LogP contribution in [0.25, 0.3) is 5.69 Å². The molecule has 0 unspecified atom stereocenters. The third-order valence-corrected chi connectivity index (χ3v) is 2.61. The van der Waals surface area contributed by atoms with Gasteiger partial charge in [-0.05, 0) is 26.0 Å². The molecule has 0 atom stereocenters. The molecule has 0 amide bonds. The van der Waals surface area contributed by atoms with Crippen molar-refractivity contribution < 1.29 is 9.94 Å². The van der Waals surface area contributed by atoms with Crippen LogP contribution in [0.2, 0.25) is 0 Å². The van der Waals surface area contributed by atoms with Gasteiger partial charge in [-0.25, -0.2) is 4.68 Å². The van der Waals surface area contributed by atoms with Crippen molar-refractivity contribution in [1.82, 2.24) is 9.78 Å². The fraction of sp³-hybridized carbons (Fsp3) is 0.231. The Morgan fingerprint density at radius 3 is 2.61 bits per heavy atom. The normalized spacial score (nSPS) is 11.6. The van der Waals surface area contributed by atoms with Gasteiger partial charge in [0.2, 0.25) is 0 Å². The molecule has 0 saturated carbocycles. The molecule has 1 heterocycles. The third kappa shape index (κ3) is 2.07. The number of hydrogen-bond donors (Lipinski definition) is 0. The molecule has 1 aromatic carbocycles. The van der Waals surface area contributed by atoms with Crippen LogP contribution in [-0.4, -0.2) is 22.6 Å². The van der Waals surface area contributed by atoms with Gasteiger partial charge in [0.25, 0.3) is 0 Å². The van der Waals surface area contributed by atoms with Crippen molar-refractivity contribution in [2.45, 2.75) is 13.8 Å². The van der Waals surface area contributed by atoms with Crippen LogP contribution in [0.15, 0.2) is 35.5 Å². The van der Waals surface area contributed by atoms with E-state index >= 15 is 0 Å². The Morgan fingerprint density at radius 2 is 2.00 bits per heavy atom. The van der Waals surface area contributed by atoms with E-state index in [9.17, 15) is 5.11 Å². The van der Waals surface area contributed by atoms with Gasteiger partial charge in [0, 0.05) is 11.4 Å². The van der Waals surface area contributed by atoms with Crippen LogP contribution >= 0.6 is 0 Å². The first kappa shape index (κ1) is 12.2. The number of aryl methyl sites for hydroxylation is 1. The van der Waals surface area contributed by atoms with Crippen LogP contribution in [0.4, 0.5) is 0 Å². The van der Waals surface area contributed by atoms with E-state index in [1.165, 1.54) is 11.8 Å². The molecule has 1 aromatic heterocycles. The number of oxime groups is 1. The molecule has 0 radical (unpaired) electrons. The molecular weight excluding hydrogens is 230 g/mol. The number of benzene rings is 1. The van der Waals surface area contributed by atoms with Gasteiger partial charge in [0.1, 0.15) is 7.11 Å². The number of aromatic nitrogens is 2. The van der Waals surface area contributed by atoms with E-state index in [0.717, 1.165) is 5.69 Å². The predicted octanol–water partition coefficient (Wildman–Crippen LogP) is 1.62. The molecular formula is C13H14N3O2-. The molecule has 0 aliphatic carbocycles. The SMILES string of the molecule is CO/N=C(\C)c1c(C)nn(-c2ccccc2)c1[O-]. The quantitative estimate of drug-likeness (QED) is 0.609. The van der Waals surface area contributed by atoms with Crippen molar-refractivity contribution in [3.63, 3.8) is 0 Å². The first-order chi connectivity index (χ1) is 8.65. The maximum absolute atomic E-state index is 12.3. The van der Waals surface area contributed by atoms with E-state index in [2.05, 4.69) is 10.3 Å². The molecule has 0 spiro atoms. The first-order valence-corrected chi connectivity index (χ1v) is 5.55. The average molecular weight is 244 g/mol. The Bertz CT molecular complexity index is 573. The summed E-state index contributed by atoms with van der Waals surface area (Å²) < 4.78 is 1.37. The lowest BCUT2D eigenvalue weighted by molar-refractivity contribution is -0.278. The minimum absolute atomic E-state index is 0.183. The van der Waals surface area contributed by atoms with Gasteiger partial charge >= 0.3 is 0 Å². The maximum atomic E-state index is 12.3. The first-order valence-electron chi connectivity index (χ1n) is 5.55. The third-order valence-electron chi connectivity index (χ3n) is 2.61. The van der Waals surface area contributed by atoms with Crippen molar-refractivity contribution in [3.05, 3.63) is 41.6 Å². The number of para-hydroxylation sites is 1. The molecule has 0 fully saturated rings. The van der Waals surface area contributed by atoms with E-state index in [1.54, 1.807) is 13.8 Å². The van der Waals surface area contributed by atoms with Crippen LogP contribution in [0, 0.1) is 6.92 Å². The van der Waals surface area contributed by atoms with E-state index < -0.39 is 0 Å². The van der Waals surface area contributed by atoms with Crippen molar-refractivity contribution in [2.24, 2.45) is 5.16 Å². The van der Waals surface area contributed by atoms with Crippen LogP contribution < -0.4 is 5.11 Å². The second-order valence-electron chi connectivity index (χ2n) is 3.87. The summed E-state index contributed by atoms with van der Waals surface area (Å²) >= 11 is 0. The molecule has 2 aromatic rings. The summed E-state index contributed by atoms with van der Waals surface area (Å²) in [5.74, 6) is -0.183. The molecule has 0 aliphatic heterocycles. The highest BCUT2D eigenvalue weighted by molar-refractivity contribution is 6.01. The Labute approximate surface area is 105 Å². The second-order valence-corrected chi connectivity index (χ2v) is 3.87. The molecule has 2 rings (SSSR count). The summed E-state index contributed by atoms with van der Waals surface area (Å²) in [5, 5.41) is 20.3. The summed E-state index contributed by atoms with van der Waals surface area (Å²) in [6.45, 7) is 3.51. The van der Waals surface area contributed by atoms with E-state index in [1.807, 2.05) is 30.3 Å². The summed E-state index contributed by atoms with van der Waals surface area (Å²) in [5.41, 5.74) is 2.40. The smallest absolute Gasteiger partial charge is 0.106 e. The largest absolute Gasteiger partial charge is 0.858 e. The lowest BCUT2D eigenvalue weighted by Gasteiger charge is -2.12. The molecule has 0 bridgehead atoms. The Morgan fingerprint density at radius 1 is 1.33 bits per heavy atom. The van der Waals surface area contributed by atoms with Crippen LogP contribution in [0.1, 0.15) is 18.2 Å². The zero-order chi connectivity index (χ0) is 13.1. The molecule has 0 N–H and O–H groups in total. The van der Waals surface area contributed by atoms with Gasteiger partial charge < -0.3 is 9.94 Å². The Kier molecular flexibility index (Phi) is 3.32. The number of nitrogens with zero attached hydrogens (tertiary/aromatic N) is 3.